The summed E-state index contributed by atoms with van der Waals surface area (Å²) >= 11 is 6.10. The van der Waals surface area contributed by atoms with Crippen molar-refractivity contribution in [3.05, 3.63) is 29.0 Å². The number of aryl methyl sites for hydroxylation is 1. The van der Waals surface area contributed by atoms with Crippen molar-refractivity contribution in [3.8, 4) is 0 Å². The molecule has 1 heterocycles. The Morgan fingerprint density at radius 1 is 1.50 bits per heavy atom. The highest BCUT2D eigenvalue weighted by Crippen LogP contribution is 2.22. The van der Waals surface area contributed by atoms with Crippen molar-refractivity contribution in [3.63, 3.8) is 0 Å². The number of aromatic nitrogens is 2. The van der Waals surface area contributed by atoms with Crippen LogP contribution in [0.3, 0.4) is 0 Å². The topological polar surface area (TPSA) is 29.9 Å². The molecule has 1 aromatic heterocycles. The minimum absolute atomic E-state index is 0.769. The lowest BCUT2D eigenvalue weighted by atomic mass is 10.2. The first-order chi connectivity index (χ1) is 6.72. The SMILES string of the molecule is CNCc1cc2c(cc1Cl)ncn2C. The molecule has 0 saturated heterocycles. The number of fused-ring (bicyclic) bond motifs is 1. The van der Waals surface area contributed by atoms with Crippen molar-refractivity contribution in [1.82, 2.24) is 14.9 Å². The number of nitrogens with one attached hydrogen (secondary N) is 1. The molecule has 2 rings (SSSR count). The van der Waals surface area contributed by atoms with Gasteiger partial charge in [0.05, 0.1) is 17.4 Å². The molecule has 0 fully saturated rings. The van der Waals surface area contributed by atoms with Crippen LogP contribution in [0.4, 0.5) is 0 Å². The number of hydrogen-bond donors (Lipinski definition) is 1. The Kier molecular flexibility index (Phi) is 2.44. The van der Waals surface area contributed by atoms with Gasteiger partial charge in [-0.1, -0.05) is 11.6 Å². The van der Waals surface area contributed by atoms with Crippen LogP contribution in [0.1, 0.15) is 5.56 Å². The second kappa shape index (κ2) is 3.59. The average Bonchev–Trinajstić information content (AvgIpc) is 2.49. The predicted octanol–water partition coefficient (Wildman–Crippen LogP) is 1.95. The summed E-state index contributed by atoms with van der Waals surface area (Å²) in [6, 6.07) is 3.98. The highest BCUT2D eigenvalue weighted by atomic mass is 35.5. The monoisotopic (exact) mass is 209 g/mol. The van der Waals surface area contributed by atoms with E-state index in [0.717, 1.165) is 28.2 Å². The van der Waals surface area contributed by atoms with Gasteiger partial charge in [0, 0.05) is 18.6 Å². The van der Waals surface area contributed by atoms with Crippen molar-refractivity contribution in [1.29, 1.82) is 0 Å². The largest absolute Gasteiger partial charge is 0.334 e. The van der Waals surface area contributed by atoms with Crippen molar-refractivity contribution < 1.29 is 0 Å². The molecular formula is C10H12ClN3. The van der Waals surface area contributed by atoms with Crippen LogP contribution >= 0.6 is 11.6 Å². The van der Waals surface area contributed by atoms with Gasteiger partial charge in [0.15, 0.2) is 0 Å². The summed E-state index contributed by atoms with van der Waals surface area (Å²) in [5.74, 6) is 0. The second-order valence-corrected chi connectivity index (χ2v) is 3.73. The van der Waals surface area contributed by atoms with E-state index in [1.807, 2.05) is 24.7 Å². The second-order valence-electron chi connectivity index (χ2n) is 3.32. The first-order valence-corrected chi connectivity index (χ1v) is 4.84. The zero-order valence-electron chi connectivity index (χ0n) is 8.21. The third kappa shape index (κ3) is 1.49. The maximum atomic E-state index is 6.10. The van der Waals surface area contributed by atoms with Gasteiger partial charge in [-0.3, -0.25) is 0 Å². The fourth-order valence-electron chi connectivity index (χ4n) is 1.52. The summed E-state index contributed by atoms with van der Waals surface area (Å²) < 4.78 is 1.99. The molecule has 0 atom stereocenters. The van der Waals surface area contributed by atoms with Crippen molar-refractivity contribution in [2.75, 3.05) is 7.05 Å². The standard InChI is InChI=1S/C10H12ClN3/c1-12-5-7-3-10-9(4-8(7)11)13-6-14(10)2/h3-4,6,12H,5H2,1-2H3. The van der Waals surface area contributed by atoms with Gasteiger partial charge >= 0.3 is 0 Å². The molecule has 0 bridgehead atoms. The minimum Gasteiger partial charge on any atom is -0.334 e. The van der Waals surface area contributed by atoms with E-state index in [1.54, 1.807) is 6.33 Å². The van der Waals surface area contributed by atoms with E-state index >= 15 is 0 Å². The molecule has 3 nitrogen and oxygen atoms in total. The van der Waals surface area contributed by atoms with Crippen molar-refractivity contribution >= 4 is 22.6 Å². The normalized spacial score (nSPS) is 11.1. The highest BCUT2D eigenvalue weighted by molar-refractivity contribution is 6.32. The Morgan fingerprint density at radius 2 is 2.29 bits per heavy atom. The third-order valence-electron chi connectivity index (χ3n) is 2.26. The Morgan fingerprint density at radius 3 is 3.00 bits per heavy atom. The zero-order valence-corrected chi connectivity index (χ0v) is 8.97. The maximum absolute atomic E-state index is 6.10. The van der Waals surface area contributed by atoms with E-state index in [9.17, 15) is 0 Å². The Bertz CT molecular complexity index is 462. The molecule has 2 aromatic rings. The summed E-state index contributed by atoms with van der Waals surface area (Å²) in [5, 5.41) is 3.86. The molecule has 14 heavy (non-hydrogen) atoms. The van der Waals surface area contributed by atoms with E-state index < -0.39 is 0 Å². The number of imidazole rings is 1. The highest BCUT2D eigenvalue weighted by Gasteiger charge is 2.05. The average molecular weight is 210 g/mol. The predicted molar refractivity (Wildman–Crippen MR) is 58.5 cm³/mol. The summed E-state index contributed by atoms with van der Waals surface area (Å²) in [4.78, 5) is 4.24. The molecule has 1 N–H and O–H groups in total. The summed E-state index contributed by atoms with van der Waals surface area (Å²) in [7, 11) is 3.89. The molecule has 4 heteroatoms. The zero-order chi connectivity index (χ0) is 10.1. The van der Waals surface area contributed by atoms with Gasteiger partial charge < -0.3 is 9.88 Å². The van der Waals surface area contributed by atoms with Crippen LogP contribution in [0.5, 0.6) is 0 Å². The lowest BCUT2D eigenvalue weighted by molar-refractivity contribution is 0.818. The van der Waals surface area contributed by atoms with Gasteiger partial charge in [-0.15, -0.1) is 0 Å². The van der Waals surface area contributed by atoms with Crippen LogP contribution in [-0.4, -0.2) is 16.6 Å². The Hall–Kier alpha value is -1.06. The van der Waals surface area contributed by atoms with E-state index in [-0.39, 0.29) is 0 Å². The number of rotatable bonds is 2. The fraction of sp³-hybridized carbons (Fsp3) is 0.300. The number of hydrogen-bond acceptors (Lipinski definition) is 2. The number of nitrogens with zero attached hydrogens (tertiary/aromatic N) is 2. The smallest absolute Gasteiger partial charge is 0.0955 e. The molecule has 0 spiro atoms. The molecule has 0 amide bonds. The first-order valence-electron chi connectivity index (χ1n) is 4.46. The van der Waals surface area contributed by atoms with E-state index in [4.69, 9.17) is 11.6 Å². The lowest BCUT2D eigenvalue weighted by Gasteiger charge is -2.04. The van der Waals surface area contributed by atoms with Crippen LogP contribution in [0.2, 0.25) is 5.02 Å². The maximum Gasteiger partial charge on any atom is 0.0955 e. The van der Waals surface area contributed by atoms with Crippen molar-refractivity contribution in [2.45, 2.75) is 6.54 Å². The molecular weight excluding hydrogens is 198 g/mol. The Labute approximate surface area is 87.7 Å². The van der Waals surface area contributed by atoms with Crippen molar-refractivity contribution in [2.24, 2.45) is 7.05 Å². The molecule has 0 aliphatic carbocycles. The summed E-state index contributed by atoms with van der Waals surface area (Å²) in [6.45, 7) is 0.778. The van der Waals surface area contributed by atoms with Crippen LogP contribution in [0, 0.1) is 0 Å². The van der Waals surface area contributed by atoms with Gasteiger partial charge in [0.25, 0.3) is 0 Å². The van der Waals surface area contributed by atoms with Crippen LogP contribution in [0.25, 0.3) is 11.0 Å². The number of halogens is 1. The van der Waals surface area contributed by atoms with Crippen LogP contribution in [-0.2, 0) is 13.6 Å². The van der Waals surface area contributed by atoms with Gasteiger partial charge in [0.2, 0.25) is 0 Å². The quantitative estimate of drug-likeness (QED) is 0.820. The van der Waals surface area contributed by atoms with E-state index in [1.165, 1.54) is 0 Å². The van der Waals surface area contributed by atoms with Crippen LogP contribution < -0.4 is 5.32 Å². The molecule has 74 valence electrons. The van der Waals surface area contributed by atoms with E-state index in [0.29, 0.717) is 0 Å². The molecule has 1 aromatic carbocycles. The van der Waals surface area contributed by atoms with Gasteiger partial charge in [-0.05, 0) is 24.7 Å². The van der Waals surface area contributed by atoms with Gasteiger partial charge in [0.1, 0.15) is 0 Å². The van der Waals surface area contributed by atoms with E-state index in [2.05, 4.69) is 16.4 Å². The lowest BCUT2D eigenvalue weighted by Crippen LogP contribution is -2.05. The molecule has 0 aliphatic rings. The van der Waals surface area contributed by atoms with Gasteiger partial charge in [-0.25, -0.2) is 4.98 Å². The molecule has 0 radical (unpaired) electrons. The Balaban J connectivity index is 2.61. The van der Waals surface area contributed by atoms with Gasteiger partial charge in [-0.2, -0.15) is 0 Å². The molecule has 0 saturated carbocycles. The molecule has 0 unspecified atom stereocenters. The molecule has 0 aliphatic heterocycles. The summed E-state index contributed by atoms with van der Waals surface area (Å²) in [5.41, 5.74) is 3.15. The van der Waals surface area contributed by atoms with Crippen LogP contribution in [0.15, 0.2) is 18.5 Å². The minimum atomic E-state index is 0.769. The first kappa shape index (κ1) is 9.49. The number of benzene rings is 1. The fourth-order valence-corrected chi connectivity index (χ4v) is 1.74. The summed E-state index contributed by atoms with van der Waals surface area (Å²) in [6.07, 6.45) is 1.80. The third-order valence-corrected chi connectivity index (χ3v) is 2.61.